The third-order valence-corrected chi connectivity index (χ3v) is 6.82. The molecule has 0 aliphatic rings. The van der Waals surface area contributed by atoms with E-state index in [0.29, 0.717) is 5.52 Å². The van der Waals surface area contributed by atoms with Gasteiger partial charge in [0.1, 0.15) is 11.3 Å². The third kappa shape index (κ3) is 6.92. The number of aromatic nitrogens is 1. The van der Waals surface area contributed by atoms with Crippen LogP contribution in [-0.4, -0.2) is 23.3 Å². The molecule has 1 atom stereocenters. The lowest BCUT2D eigenvalue weighted by Crippen LogP contribution is -2.17. The van der Waals surface area contributed by atoms with Gasteiger partial charge in [-0.05, 0) is 54.7 Å². The Morgan fingerprint density at radius 3 is 2.65 bits per heavy atom. The zero-order chi connectivity index (χ0) is 22.3. The van der Waals surface area contributed by atoms with Crippen molar-refractivity contribution in [3.05, 3.63) is 63.3 Å². The van der Waals surface area contributed by atoms with E-state index in [1.807, 2.05) is 12.1 Å². The van der Waals surface area contributed by atoms with Gasteiger partial charge in [0.25, 0.3) is 0 Å². The number of aromatic amines is 1. The van der Waals surface area contributed by atoms with Crippen molar-refractivity contribution in [2.24, 2.45) is 11.1 Å². The highest BCUT2D eigenvalue weighted by Gasteiger charge is 2.21. The summed E-state index contributed by atoms with van der Waals surface area (Å²) in [6.45, 7) is 6.16. The number of hydrogen-bond donors (Lipinski definition) is 3. The van der Waals surface area contributed by atoms with E-state index < -0.39 is 0 Å². The van der Waals surface area contributed by atoms with E-state index >= 15 is 0 Å². The Kier molecular flexibility index (Phi) is 8.29. The molecule has 168 valence electrons. The molecule has 31 heavy (non-hydrogen) atoms. The van der Waals surface area contributed by atoms with E-state index in [9.17, 15) is 9.90 Å². The maximum atomic E-state index is 11.7. The Morgan fingerprint density at radius 2 is 1.87 bits per heavy atom. The second-order valence-electron chi connectivity index (χ2n) is 9.01. The average Bonchev–Trinajstić information content (AvgIpc) is 3.15. The number of ether oxygens (including phenoxy) is 1. The first-order valence-corrected chi connectivity index (χ1v) is 11.9. The fraction of sp³-hybridized carbons (Fsp3) is 0.480. The number of hydrogen-bond acceptors (Lipinski definition) is 5. The molecule has 2 aromatic carbocycles. The number of rotatable bonds is 12. The number of fused-ring (bicyclic) bond motifs is 1. The van der Waals surface area contributed by atoms with Crippen LogP contribution in [0.1, 0.15) is 63.1 Å². The Morgan fingerprint density at radius 1 is 1.10 bits per heavy atom. The molecule has 0 saturated heterocycles. The van der Waals surface area contributed by atoms with E-state index in [1.165, 1.54) is 5.56 Å². The van der Waals surface area contributed by atoms with Crippen molar-refractivity contribution < 1.29 is 9.84 Å². The van der Waals surface area contributed by atoms with Crippen LogP contribution in [-0.2, 0) is 11.2 Å². The Hall–Kier alpha value is -2.15. The zero-order valence-corrected chi connectivity index (χ0v) is 19.3. The number of benzene rings is 2. The molecule has 0 spiro atoms. The van der Waals surface area contributed by atoms with Crippen LogP contribution in [0, 0.1) is 5.41 Å². The number of phenols is 1. The molecule has 0 fully saturated rings. The van der Waals surface area contributed by atoms with E-state index in [0.717, 1.165) is 73.3 Å². The highest BCUT2D eigenvalue weighted by molar-refractivity contribution is 7.16. The molecular weight excluding hydrogens is 408 g/mol. The summed E-state index contributed by atoms with van der Waals surface area (Å²) >= 11 is 1.11. The van der Waals surface area contributed by atoms with Crippen LogP contribution in [0.15, 0.2) is 47.3 Å². The Bertz CT molecular complexity index is 1010. The van der Waals surface area contributed by atoms with Gasteiger partial charge in [0.2, 0.25) is 0 Å². The van der Waals surface area contributed by atoms with Gasteiger partial charge in [-0.15, -0.1) is 0 Å². The number of phenolic OH excluding ortho intramolecular Hbond substituents is 1. The van der Waals surface area contributed by atoms with Crippen molar-refractivity contribution in [3.63, 3.8) is 0 Å². The van der Waals surface area contributed by atoms with Gasteiger partial charge >= 0.3 is 4.87 Å². The fourth-order valence-electron chi connectivity index (χ4n) is 3.90. The number of nitrogens with one attached hydrogen (secondary N) is 1. The highest BCUT2D eigenvalue weighted by Crippen LogP contribution is 2.35. The summed E-state index contributed by atoms with van der Waals surface area (Å²) in [7, 11) is 0. The minimum absolute atomic E-state index is 0.0932. The van der Waals surface area contributed by atoms with Gasteiger partial charge < -0.3 is 20.6 Å². The normalized spacial score (nSPS) is 13.0. The number of aromatic hydroxyl groups is 1. The molecule has 0 aliphatic carbocycles. The molecule has 3 rings (SSSR count). The minimum Gasteiger partial charge on any atom is -0.506 e. The monoisotopic (exact) mass is 442 g/mol. The maximum Gasteiger partial charge on any atom is 0.305 e. The molecule has 0 amide bonds. The van der Waals surface area contributed by atoms with Crippen LogP contribution >= 0.6 is 11.3 Å². The fourth-order valence-corrected chi connectivity index (χ4v) is 4.84. The topological polar surface area (TPSA) is 88.3 Å². The maximum absolute atomic E-state index is 11.7. The van der Waals surface area contributed by atoms with Gasteiger partial charge in [-0.1, -0.05) is 68.0 Å². The molecule has 0 radical (unpaired) electrons. The summed E-state index contributed by atoms with van der Waals surface area (Å²) in [4.78, 5) is 14.2. The average molecular weight is 443 g/mol. The van der Waals surface area contributed by atoms with E-state index in [1.54, 1.807) is 6.07 Å². The molecular formula is C25H34N2O3S. The summed E-state index contributed by atoms with van der Waals surface area (Å²) in [6, 6.07) is 13.7. The first-order chi connectivity index (χ1) is 14.9. The van der Waals surface area contributed by atoms with Crippen LogP contribution < -0.4 is 10.6 Å². The summed E-state index contributed by atoms with van der Waals surface area (Å²) in [6.07, 6.45) is 6.14. The quantitative estimate of drug-likeness (QED) is 0.322. The second kappa shape index (κ2) is 10.9. The molecule has 0 saturated carbocycles. The number of unbranched alkanes of at least 4 members (excludes halogenated alkanes) is 1. The smallest absolute Gasteiger partial charge is 0.305 e. The summed E-state index contributed by atoms with van der Waals surface area (Å²) in [5.41, 5.74) is 9.41. The van der Waals surface area contributed by atoms with Crippen molar-refractivity contribution in [3.8, 4) is 5.75 Å². The van der Waals surface area contributed by atoms with Crippen LogP contribution in [0.2, 0.25) is 0 Å². The Balaban J connectivity index is 1.38. The Labute approximate surface area is 188 Å². The third-order valence-electron chi connectivity index (χ3n) is 5.89. The summed E-state index contributed by atoms with van der Waals surface area (Å²) in [5.74, 6) is 0.0932. The molecule has 1 unspecified atom stereocenters. The van der Waals surface area contributed by atoms with Gasteiger partial charge in [0, 0.05) is 12.6 Å². The molecule has 0 bridgehead atoms. The van der Waals surface area contributed by atoms with Crippen molar-refractivity contribution >= 4 is 21.6 Å². The van der Waals surface area contributed by atoms with Crippen molar-refractivity contribution in [2.75, 3.05) is 13.2 Å². The molecule has 1 heterocycles. The zero-order valence-electron chi connectivity index (χ0n) is 18.5. The number of H-pyrrole nitrogens is 1. The molecule has 3 aromatic rings. The molecule has 6 heteroatoms. The minimum atomic E-state index is -0.170. The highest BCUT2D eigenvalue weighted by atomic mass is 32.1. The van der Waals surface area contributed by atoms with Crippen molar-refractivity contribution in [1.82, 2.24) is 4.98 Å². The van der Waals surface area contributed by atoms with Crippen LogP contribution in [0.5, 0.6) is 5.75 Å². The molecule has 4 N–H and O–H groups in total. The SMILES string of the molecule is CC(C)(CCCCOCCc1ccccc1)CCC(N)c1ccc(O)c2[nH]c(=O)sc12. The summed E-state index contributed by atoms with van der Waals surface area (Å²) < 4.78 is 6.56. The van der Waals surface area contributed by atoms with Gasteiger partial charge in [-0.3, -0.25) is 4.79 Å². The van der Waals surface area contributed by atoms with Gasteiger partial charge in [0.05, 0.1) is 11.3 Å². The summed E-state index contributed by atoms with van der Waals surface area (Å²) in [5, 5.41) is 9.97. The van der Waals surface area contributed by atoms with E-state index in [4.69, 9.17) is 10.5 Å². The van der Waals surface area contributed by atoms with Crippen molar-refractivity contribution in [2.45, 2.75) is 58.4 Å². The number of nitrogens with two attached hydrogens (primary N) is 1. The number of thiazole rings is 1. The lowest BCUT2D eigenvalue weighted by atomic mass is 9.81. The van der Waals surface area contributed by atoms with Crippen molar-refractivity contribution in [1.29, 1.82) is 0 Å². The molecule has 0 aliphatic heterocycles. The predicted octanol–water partition coefficient (Wildman–Crippen LogP) is 5.53. The first-order valence-electron chi connectivity index (χ1n) is 11.1. The van der Waals surface area contributed by atoms with Gasteiger partial charge in [-0.2, -0.15) is 0 Å². The second-order valence-corrected chi connectivity index (χ2v) is 9.99. The lowest BCUT2D eigenvalue weighted by Gasteiger charge is -2.26. The van der Waals surface area contributed by atoms with Gasteiger partial charge in [0.15, 0.2) is 0 Å². The predicted molar refractivity (Wildman–Crippen MR) is 129 cm³/mol. The standard InChI is InChI=1S/C25H34N2O3S/c1-25(2,14-6-7-16-30-17-13-18-8-4-3-5-9-18)15-12-20(26)19-10-11-21(28)22-23(19)31-24(29)27-22/h3-5,8-11,20,28H,6-7,12-17,26H2,1-2H3,(H,27,29). The van der Waals surface area contributed by atoms with Crippen LogP contribution in [0.4, 0.5) is 0 Å². The van der Waals surface area contributed by atoms with Crippen LogP contribution in [0.3, 0.4) is 0 Å². The molecule has 1 aromatic heterocycles. The molecule has 5 nitrogen and oxygen atoms in total. The van der Waals surface area contributed by atoms with Crippen LogP contribution in [0.25, 0.3) is 10.2 Å². The van der Waals surface area contributed by atoms with Gasteiger partial charge in [-0.25, -0.2) is 0 Å². The first kappa shape index (κ1) is 23.5. The largest absolute Gasteiger partial charge is 0.506 e. The van der Waals surface area contributed by atoms with E-state index in [2.05, 4.69) is 43.1 Å². The lowest BCUT2D eigenvalue weighted by molar-refractivity contribution is 0.129. The van der Waals surface area contributed by atoms with E-state index in [-0.39, 0.29) is 22.1 Å².